The molecule has 1 rings (SSSR count). The van der Waals surface area contributed by atoms with Gasteiger partial charge in [0.15, 0.2) is 0 Å². The van der Waals surface area contributed by atoms with Crippen molar-refractivity contribution in [2.24, 2.45) is 5.11 Å². The van der Waals surface area contributed by atoms with Crippen molar-refractivity contribution in [3.8, 4) is 5.75 Å². The van der Waals surface area contributed by atoms with Gasteiger partial charge in [-0.15, -0.1) is 0 Å². The van der Waals surface area contributed by atoms with E-state index in [0.29, 0.717) is 12.1 Å². The number of alkyl halides is 5. The highest BCUT2D eigenvalue weighted by molar-refractivity contribution is 5.54. The van der Waals surface area contributed by atoms with E-state index in [2.05, 4.69) is 14.8 Å². The summed E-state index contributed by atoms with van der Waals surface area (Å²) in [5.74, 6) is -0.332. The van der Waals surface area contributed by atoms with Gasteiger partial charge in [-0.05, 0) is 23.7 Å². The first-order valence-electron chi connectivity index (χ1n) is 4.52. The monoisotopic (exact) mass is 267 g/mol. The molecule has 0 aliphatic carbocycles. The summed E-state index contributed by atoms with van der Waals surface area (Å²) in [7, 11) is 0. The van der Waals surface area contributed by atoms with Crippen molar-refractivity contribution in [2.45, 2.75) is 12.6 Å². The number of nitrogens with zero attached hydrogens (tertiary/aromatic N) is 3. The van der Waals surface area contributed by atoms with Gasteiger partial charge in [0, 0.05) is 4.91 Å². The number of hydrogen-bond acceptors (Lipinski definition) is 2. The third-order valence-electron chi connectivity index (χ3n) is 1.80. The summed E-state index contributed by atoms with van der Waals surface area (Å²) in [6.45, 7) is -1.00. The molecule has 0 amide bonds. The molecule has 0 saturated carbocycles. The minimum Gasteiger partial charge on any atom is -0.487 e. The lowest BCUT2D eigenvalue weighted by Gasteiger charge is -2.11. The largest absolute Gasteiger partial charge is 0.487 e. The first-order valence-corrected chi connectivity index (χ1v) is 4.52. The van der Waals surface area contributed by atoms with E-state index in [1.807, 2.05) is 0 Å². The number of hydrogen-bond donors (Lipinski definition) is 0. The molecule has 0 aliphatic rings. The van der Waals surface area contributed by atoms with E-state index < -0.39 is 30.5 Å². The van der Waals surface area contributed by atoms with Crippen LogP contribution in [0.3, 0.4) is 0 Å². The molecule has 9 heteroatoms. The third kappa shape index (κ3) is 3.77. The zero-order valence-electron chi connectivity index (χ0n) is 8.66. The van der Waals surface area contributed by atoms with Crippen LogP contribution in [0.25, 0.3) is 10.4 Å². The number of rotatable bonds is 4. The van der Waals surface area contributed by atoms with Gasteiger partial charge in [-0.25, -0.2) is 8.78 Å². The molecule has 0 N–H and O–H groups in total. The second-order valence-corrected chi connectivity index (χ2v) is 3.07. The van der Waals surface area contributed by atoms with Crippen molar-refractivity contribution in [1.82, 2.24) is 0 Å². The Morgan fingerprint density at radius 2 is 2.00 bits per heavy atom. The summed E-state index contributed by atoms with van der Waals surface area (Å²) in [5.41, 5.74) is 6.64. The fourth-order valence-corrected chi connectivity index (χ4v) is 1.09. The van der Waals surface area contributed by atoms with Gasteiger partial charge < -0.3 is 4.74 Å². The average Bonchev–Trinajstić information content (AvgIpc) is 2.26. The Labute approximate surface area is 97.6 Å². The van der Waals surface area contributed by atoms with Crippen LogP contribution in [-0.4, -0.2) is 13.0 Å². The van der Waals surface area contributed by atoms with Gasteiger partial charge in [-0.3, -0.25) is 0 Å². The molecule has 0 aromatic heterocycles. The van der Waals surface area contributed by atoms with Crippen LogP contribution in [0.2, 0.25) is 0 Å². The van der Waals surface area contributed by atoms with Crippen molar-refractivity contribution in [3.63, 3.8) is 0 Å². The van der Waals surface area contributed by atoms with Crippen LogP contribution in [0.5, 0.6) is 5.75 Å². The molecule has 0 radical (unpaired) electrons. The Hall–Kier alpha value is -2.02. The predicted molar refractivity (Wildman–Crippen MR) is 51.7 cm³/mol. The van der Waals surface area contributed by atoms with E-state index in [4.69, 9.17) is 5.53 Å². The molecule has 18 heavy (non-hydrogen) atoms. The van der Waals surface area contributed by atoms with Crippen LogP contribution < -0.4 is 4.74 Å². The molecule has 1 aromatic carbocycles. The highest BCUT2D eigenvalue weighted by Gasteiger charge is 2.31. The Morgan fingerprint density at radius 3 is 2.50 bits per heavy atom. The fourth-order valence-electron chi connectivity index (χ4n) is 1.09. The van der Waals surface area contributed by atoms with E-state index >= 15 is 0 Å². The lowest BCUT2D eigenvalue weighted by molar-refractivity contribution is -0.137. The average molecular weight is 267 g/mol. The molecule has 1 aromatic rings. The number of benzene rings is 1. The molecular formula is C9H6F5N3O. The van der Waals surface area contributed by atoms with Crippen LogP contribution in [0.15, 0.2) is 23.3 Å². The molecule has 0 spiro atoms. The first-order chi connectivity index (χ1) is 8.34. The molecule has 4 nitrogen and oxygen atoms in total. The van der Waals surface area contributed by atoms with Gasteiger partial charge in [-0.1, -0.05) is 5.11 Å². The lowest BCUT2D eigenvalue weighted by Crippen LogP contribution is -2.08. The maximum absolute atomic E-state index is 12.4. The standard InChI is InChI=1S/C9H6F5N3O/c10-8(11)4-18-7-2-1-5(9(12,13)14)3-6(7)16-17-15/h1-3,8H,4H2. The van der Waals surface area contributed by atoms with Gasteiger partial charge in [0.05, 0.1) is 11.3 Å². The van der Waals surface area contributed by atoms with Crippen molar-refractivity contribution < 1.29 is 26.7 Å². The van der Waals surface area contributed by atoms with Crippen molar-refractivity contribution in [3.05, 3.63) is 34.2 Å². The summed E-state index contributed by atoms with van der Waals surface area (Å²) in [6, 6.07) is 2.01. The summed E-state index contributed by atoms with van der Waals surface area (Å²) in [6.07, 6.45) is -7.41. The Morgan fingerprint density at radius 1 is 1.33 bits per heavy atom. The van der Waals surface area contributed by atoms with Crippen LogP contribution >= 0.6 is 0 Å². The molecular weight excluding hydrogens is 261 g/mol. The summed E-state index contributed by atoms with van der Waals surface area (Å²) in [5, 5.41) is 2.97. The van der Waals surface area contributed by atoms with Crippen molar-refractivity contribution >= 4 is 5.69 Å². The van der Waals surface area contributed by atoms with E-state index in [9.17, 15) is 22.0 Å². The molecule has 98 valence electrons. The third-order valence-corrected chi connectivity index (χ3v) is 1.80. The molecule has 0 fully saturated rings. The Balaban J connectivity index is 3.08. The summed E-state index contributed by atoms with van der Waals surface area (Å²) in [4.78, 5) is 2.31. The van der Waals surface area contributed by atoms with Crippen molar-refractivity contribution in [2.75, 3.05) is 6.61 Å². The fraction of sp³-hybridized carbons (Fsp3) is 0.333. The van der Waals surface area contributed by atoms with Crippen LogP contribution in [0.4, 0.5) is 27.6 Å². The van der Waals surface area contributed by atoms with E-state index in [1.54, 1.807) is 0 Å². The van der Waals surface area contributed by atoms with Crippen LogP contribution in [0, 0.1) is 0 Å². The minimum absolute atomic E-state index is 0.332. The normalized spacial score (nSPS) is 11.2. The zero-order chi connectivity index (χ0) is 13.8. The second kappa shape index (κ2) is 5.54. The second-order valence-electron chi connectivity index (χ2n) is 3.07. The molecule has 0 unspecified atom stereocenters. The van der Waals surface area contributed by atoms with Gasteiger partial charge in [0.1, 0.15) is 12.4 Å². The summed E-state index contributed by atoms with van der Waals surface area (Å²) >= 11 is 0. The SMILES string of the molecule is [N-]=[N+]=Nc1cc(C(F)(F)F)ccc1OCC(F)F. The lowest BCUT2D eigenvalue weighted by atomic mass is 10.2. The van der Waals surface area contributed by atoms with Crippen molar-refractivity contribution in [1.29, 1.82) is 0 Å². The van der Waals surface area contributed by atoms with Gasteiger partial charge in [-0.2, -0.15) is 13.2 Å². The minimum atomic E-state index is -4.62. The van der Waals surface area contributed by atoms with Gasteiger partial charge >= 0.3 is 6.18 Å². The Bertz CT molecular complexity index is 468. The van der Waals surface area contributed by atoms with E-state index in [-0.39, 0.29) is 5.75 Å². The topological polar surface area (TPSA) is 58.0 Å². The molecule has 0 heterocycles. The highest BCUT2D eigenvalue weighted by atomic mass is 19.4. The maximum atomic E-state index is 12.4. The van der Waals surface area contributed by atoms with Gasteiger partial charge in [0.25, 0.3) is 6.43 Å². The van der Waals surface area contributed by atoms with Gasteiger partial charge in [0.2, 0.25) is 0 Å². The molecule has 0 atom stereocenters. The molecule has 0 bridgehead atoms. The van der Waals surface area contributed by atoms with Crippen LogP contribution in [0.1, 0.15) is 5.56 Å². The van der Waals surface area contributed by atoms with Crippen LogP contribution in [-0.2, 0) is 6.18 Å². The smallest absolute Gasteiger partial charge is 0.416 e. The number of ether oxygens (including phenoxy) is 1. The zero-order valence-corrected chi connectivity index (χ0v) is 8.66. The Kier molecular flexibility index (Phi) is 4.33. The maximum Gasteiger partial charge on any atom is 0.416 e. The predicted octanol–water partition coefficient (Wildman–Crippen LogP) is 4.29. The van der Waals surface area contributed by atoms with E-state index in [0.717, 1.165) is 6.07 Å². The molecule has 0 saturated heterocycles. The number of azide groups is 1. The quantitative estimate of drug-likeness (QED) is 0.347. The number of halogens is 5. The van der Waals surface area contributed by atoms with E-state index in [1.165, 1.54) is 0 Å². The first kappa shape index (κ1) is 14.0. The summed E-state index contributed by atoms with van der Waals surface area (Å²) < 4.78 is 65.4. The molecule has 0 aliphatic heterocycles. The highest BCUT2D eigenvalue weighted by Crippen LogP contribution is 2.36.